The van der Waals surface area contributed by atoms with Crippen molar-refractivity contribution < 1.29 is 4.79 Å². The van der Waals surface area contributed by atoms with Crippen LogP contribution in [0.2, 0.25) is 0 Å². The highest BCUT2D eigenvalue weighted by molar-refractivity contribution is 5.97. The van der Waals surface area contributed by atoms with Crippen LogP contribution in [0.15, 0.2) is 30.6 Å². The van der Waals surface area contributed by atoms with Crippen LogP contribution in [0.5, 0.6) is 0 Å². The van der Waals surface area contributed by atoms with Crippen molar-refractivity contribution >= 4 is 5.91 Å². The lowest BCUT2D eigenvalue weighted by atomic mass is 10.1. The summed E-state index contributed by atoms with van der Waals surface area (Å²) in [5.74, 6) is 0.0659. The zero-order chi connectivity index (χ0) is 13.4. The minimum Gasteiger partial charge on any atom is -0.324 e. The van der Waals surface area contributed by atoms with Crippen molar-refractivity contribution in [3.05, 3.63) is 47.5 Å². The zero-order valence-electron chi connectivity index (χ0n) is 11.1. The lowest BCUT2D eigenvalue weighted by Crippen LogP contribution is -2.30. The van der Waals surface area contributed by atoms with Crippen molar-refractivity contribution in [1.29, 1.82) is 0 Å². The summed E-state index contributed by atoms with van der Waals surface area (Å²) < 4.78 is 1.83. The number of hydrogen-bond donors (Lipinski definition) is 0. The molecule has 3 rings (SSSR count). The molecule has 0 spiro atoms. The summed E-state index contributed by atoms with van der Waals surface area (Å²) in [7, 11) is 1.91. The van der Waals surface area contributed by atoms with Gasteiger partial charge in [0.2, 0.25) is 0 Å². The summed E-state index contributed by atoms with van der Waals surface area (Å²) in [4.78, 5) is 18.6. The van der Waals surface area contributed by atoms with Crippen LogP contribution in [0.1, 0.15) is 41.1 Å². The van der Waals surface area contributed by atoms with Gasteiger partial charge in [-0.25, -0.2) is 0 Å². The Hall–Kier alpha value is -2.17. The predicted molar refractivity (Wildman–Crippen MR) is 70.4 cm³/mol. The van der Waals surface area contributed by atoms with Crippen molar-refractivity contribution in [2.75, 3.05) is 0 Å². The fourth-order valence-corrected chi connectivity index (χ4v) is 2.70. The third-order valence-corrected chi connectivity index (χ3v) is 3.66. The monoisotopic (exact) mass is 256 g/mol. The quantitative estimate of drug-likeness (QED) is 0.843. The fourth-order valence-electron chi connectivity index (χ4n) is 2.70. The molecule has 0 N–H and O–H groups in total. The highest BCUT2D eigenvalue weighted by Crippen LogP contribution is 2.31. The summed E-state index contributed by atoms with van der Waals surface area (Å²) in [6.07, 6.45) is 4.36. The van der Waals surface area contributed by atoms with E-state index in [1.165, 1.54) is 0 Å². The van der Waals surface area contributed by atoms with Gasteiger partial charge in [0.15, 0.2) is 0 Å². The predicted octanol–water partition coefficient (Wildman–Crippen LogP) is 1.92. The van der Waals surface area contributed by atoms with Crippen LogP contribution in [-0.2, 0) is 13.6 Å². The van der Waals surface area contributed by atoms with Crippen molar-refractivity contribution in [3.63, 3.8) is 0 Å². The van der Waals surface area contributed by atoms with Gasteiger partial charge in [-0.15, -0.1) is 0 Å². The molecule has 1 atom stereocenters. The van der Waals surface area contributed by atoms with Gasteiger partial charge in [-0.3, -0.25) is 14.5 Å². The van der Waals surface area contributed by atoms with E-state index in [-0.39, 0.29) is 11.9 Å². The molecule has 2 aromatic rings. The molecule has 0 fully saturated rings. The second kappa shape index (κ2) is 4.50. The smallest absolute Gasteiger partial charge is 0.256 e. The van der Waals surface area contributed by atoms with E-state index in [4.69, 9.17) is 0 Å². The molecule has 1 aliphatic rings. The molecule has 0 aliphatic carbocycles. The number of nitrogens with zero attached hydrogens (tertiary/aromatic N) is 4. The second-order valence-corrected chi connectivity index (χ2v) is 4.73. The molecule has 0 saturated carbocycles. The number of pyridine rings is 1. The highest BCUT2D eigenvalue weighted by atomic mass is 16.2. The van der Waals surface area contributed by atoms with E-state index in [1.807, 2.05) is 34.8 Å². The van der Waals surface area contributed by atoms with Gasteiger partial charge in [0.25, 0.3) is 5.91 Å². The molecule has 5 nitrogen and oxygen atoms in total. The van der Waals surface area contributed by atoms with Gasteiger partial charge >= 0.3 is 0 Å². The molecule has 98 valence electrons. The highest BCUT2D eigenvalue weighted by Gasteiger charge is 2.34. The van der Waals surface area contributed by atoms with Crippen molar-refractivity contribution in [2.24, 2.45) is 7.05 Å². The maximum Gasteiger partial charge on any atom is 0.256 e. The Balaban J connectivity index is 1.96. The lowest BCUT2D eigenvalue weighted by Gasteiger charge is -2.26. The zero-order valence-corrected chi connectivity index (χ0v) is 11.1. The van der Waals surface area contributed by atoms with E-state index in [0.29, 0.717) is 6.54 Å². The Bertz CT molecular complexity index is 619. The third kappa shape index (κ3) is 1.82. The number of aryl methyl sites for hydroxylation is 1. The average Bonchev–Trinajstić information content (AvgIpc) is 2.98. The molecule has 3 heterocycles. The maximum absolute atomic E-state index is 12.5. The first-order valence-electron chi connectivity index (χ1n) is 6.45. The average molecular weight is 256 g/mol. The molecule has 19 heavy (non-hydrogen) atoms. The van der Waals surface area contributed by atoms with E-state index < -0.39 is 0 Å². The van der Waals surface area contributed by atoms with Gasteiger partial charge in [0.1, 0.15) is 0 Å². The van der Waals surface area contributed by atoms with Gasteiger partial charge in [-0.2, -0.15) is 5.10 Å². The summed E-state index contributed by atoms with van der Waals surface area (Å²) in [5.41, 5.74) is 2.65. The molecule has 1 aliphatic heterocycles. The molecule has 5 heteroatoms. The number of fused-ring (bicyclic) bond motifs is 1. The molecular weight excluding hydrogens is 240 g/mol. The van der Waals surface area contributed by atoms with E-state index in [0.717, 1.165) is 23.4 Å². The Labute approximate surface area is 111 Å². The Morgan fingerprint density at radius 3 is 2.84 bits per heavy atom. The minimum absolute atomic E-state index is 0.0502. The minimum atomic E-state index is 0.0502. The number of carbonyl (C=O) groups excluding carboxylic acids is 1. The first-order chi connectivity index (χ1) is 9.22. The largest absolute Gasteiger partial charge is 0.324 e. The van der Waals surface area contributed by atoms with Crippen molar-refractivity contribution in [1.82, 2.24) is 19.7 Å². The van der Waals surface area contributed by atoms with E-state index >= 15 is 0 Å². The van der Waals surface area contributed by atoms with Crippen LogP contribution in [0, 0.1) is 0 Å². The molecule has 0 aromatic carbocycles. The molecule has 0 radical (unpaired) electrons. The Morgan fingerprint density at radius 1 is 1.37 bits per heavy atom. The maximum atomic E-state index is 12.5. The van der Waals surface area contributed by atoms with Gasteiger partial charge in [0, 0.05) is 19.4 Å². The van der Waals surface area contributed by atoms with Crippen LogP contribution >= 0.6 is 0 Å². The normalized spacial score (nSPS) is 15.7. The summed E-state index contributed by atoms with van der Waals surface area (Å²) in [5, 5.41) is 4.19. The van der Waals surface area contributed by atoms with Crippen molar-refractivity contribution in [3.8, 4) is 0 Å². The first-order valence-corrected chi connectivity index (χ1v) is 6.45. The lowest BCUT2D eigenvalue weighted by molar-refractivity contribution is 0.0687. The molecule has 0 unspecified atom stereocenters. The molecule has 0 bridgehead atoms. The van der Waals surface area contributed by atoms with Gasteiger partial charge in [-0.05, 0) is 24.6 Å². The van der Waals surface area contributed by atoms with Crippen molar-refractivity contribution in [2.45, 2.75) is 25.9 Å². The van der Waals surface area contributed by atoms with Crippen LogP contribution in [-0.4, -0.2) is 25.6 Å². The first kappa shape index (κ1) is 11.9. The Kier molecular flexibility index (Phi) is 2.81. The summed E-state index contributed by atoms with van der Waals surface area (Å²) in [6, 6.07) is 5.68. The topological polar surface area (TPSA) is 51.0 Å². The third-order valence-electron chi connectivity index (χ3n) is 3.66. The fraction of sp³-hybridized carbons (Fsp3) is 0.357. The number of hydrogen-bond acceptors (Lipinski definition) is 3. The summed E-state index contributed by atoms with van der Waals surface area (Å²) in [6.45, 7) is 2.67. The van der Waals surface area contributed by atoms with Crippen LogP contribution in [0.3, 0.4) is 0 Å². The van der Waals surface area contributed by atoms with Crippen LogP contribution in [0.4, 0.5) is 0 Å². The van der Waals surface area contributed by atoms with E-state index in [2.05, 4.69) is 17.0 Å². The van der Waals surface area contributed by atoms with Gasteiger partial charge < -0.3 is 4.90 Å². The second-order valence-electron chi connectivity index (χ2n) is 4.73. The van der Waals surface area contributed by atoms with Crippen LogP contribution in [0.25, 0.3) is 0 Å². The molecule has 0 saturated heterocycles. The standard InChI is InChI=1S/C14H16N4O/c1-3-12(13-6-8-16-17(13)2)18-9-11-10(14(18)19)5-4-7-15-11/h4-8,12H,3,9H2,1-2H3/t12-/m1/s1. The van der Waals surface area contributed by atoms with Crippen LogP contribution < -0.4 is 0 Å². The molecule has 1 amide bonds. The Morgan fingerprint density at radius 2 is 2.21 bits per heavy atom. The SMILES string of the molecule is CC[C@H](c1ccnn1C)N1Cc2ncccc2C1=O. The van der Waals surface area contributed by atoms with Gasteiger partial charge in [-0.1, -0.05) is 6.92 Å². The molecular formula is C14H16N4O. The summed E-state index contributed by atoms with van der Waals surface area (Å²) >= 11 is 0. The van der Waals surface area contributed by atoms with E-state index in [1.54, 1.807) is 12.4 Å². The van der Waals surface area contributed by atoms with E-state index in [9.17, 15) is 4.79 Å². The number of amides is 1. The number of carbonyl (C=O) groups is 1. The van der Waals surface area contributed by atoms with Gasteiger partial charge in [0.05, 0.1) is 29.5 Å². The number of aromatic nitrogens is 3. The molecule has 2 aromatic heterocycles. The number of rotatable bonds is 3.